The summed E-state index contributed by atoms with van der Waals surface area (Å²) in [6.07, 6.45) is 6.10. The second kappa shape index (κ2) is 13.4. The van der Waals surface area contributed by atoms with Gasteiger partial charge in [-0.2, -0.15) is 0 Å². The summed E-state index contributed by atoms with van der Waals surface area (Å²) in [4.78, 5) is 43.6. The fourth-order valence-electron chi connectivity index (χ4n) is 8.57. The predicted molar refractivity (Wildman–Crippen MR) is 183 cm³/mol. The minimum absolute atomic E-state index is 0.0167. The number of H-pyrrole nitrogens is 1. The van der Waals surface area contributed by atoms with Gasteiger partial charge in [0.25, 0.3) is 0 Å². The third-order valence-electron chi connectivity index (χ3n) is 11.2. The van der Waals surface area contributed by atoms with Gasteiger partial charge in [-0.25, -0.2) is 4.79 Å². The van der Waals surface area contributed by atoms with Gasteiger partial charge in [-0.1, -0.05) is 24.5 Å². The van der Waals surface area contributed by atoms with Crippen LogP contribution >= 0.6 is 0 Å². The van der Waals surface area contributed by atoms with E-state index in [0.29, 0.717) is 40.1 Å². The minimum atomic E-state index is -1.18. The highest BCUT2D eigenvalue weighted by Crippen LogP contribution is 2.57. The summed E-state index contributed by atoms with van der Waals surface area (Å²) >= 11 is 0. The number of hydrogen-bond donors (Lipinski definition) is 4. The lowest BCUT2D eigenvalue weighted by atomic mass is 9.71. The van der Waals surface area contributed by atoms with Gasteiger partial charge >= 0.3 is 5.97 Å². The maximum absolute atomic E-state index is 13.9. The van der Waals surface area contributed by atoms with Gasteiger partial charge in [-0.15, -0.1) is 0 Å². The first-order chi connectivity index (χ1) is 24.2. The molecule has 2 saturated carbocycles. The number of esters is 1. The molecular formula is C39H43NO10. The average Bonchev–Trinajstić information content (AvgIpc) is 3.92. The van der Waals surface area contributed by atoms with E-state index in [4.69, 9.17) is 18.9 Å². The quantitative estimate of drug-likeness (QED) is 0.181. The Bertz CT molecular complexity index is 1930. The molecule has 3 heterocycles. The number of aliphatic hydroxyl groups excluding tert-OH is 2. The average molecular weight is 686 g/mol. The molecular weight excluding hydrogens is 642 g/mol. The lowest BCUT2D eigenvalue weighted by molar-refractivity contribution is -0.141. The van der Waals surface area contributed by atoms with Crippen molar-refractivity contribution in [1.82, 2.24) is 4.98 Å². The topological polar surface area (TPSA) is 165 Å². The van der Waals surface area contributed by atoms with Gasteiger partial charge in [0.15, 0.2) is 6.29 Å². The molecule has 4 atom stereocenters. The Morgan fingerprint density at radius 1 is 1.12 bits per heavy atom. The molecule has 264 valence electrons. The second-order valence-corrected chi connectivity index (χ2v) is 13.9. The number of Topliss-reactive ketones (excluding diaryl/α,β-unsaturated/α-hetero) is 1. The van der Waals surface area contributed by atoms with Crippen LogP contribution in [0.15, 0.2) is 47.4 Å². The number of ether oxygens (including phenoxy) is 4. The molecule has 1 aromatic heterocycles. The highest BCUT2D eigenvalue weighted by Gasteiger charge is 2.49. The molecule has 7 rings (SSSR count). The van der Waals surface area contributed by atoms with Crippen LogP contribution in [-0.2, 0) is 32.1 Å². The van der Waals surface area contributed by atoms with E-state index in [0.717, 1.165) is 42.1 Å². The molecule has 0 radical (unpaired) electrons. The van der Waals surface area contributed by atoms with Crippen LogP contribution in [-0.4, -0.2) is 70.4 Å². The lowest BCUT2D eigenvalue weighted by Gasteiger charge is -2.35. The molecule has 0 saturated heterocycles. The van der Waals surface area contributed by atoms with Crippen molar-refractivity contribution in [2.75, 3.05) is 20.3 Å². The van der Waals surface area contributed by atoms with Crippen LogP contribution in [0.1, 0.15) is 80.5 Å². The van der Waals surface area contributed by atoms with Crippen molar-refractivity contribution in [2.24, 2.45) is 11.8 Å². The van der Waals surface area contributed by atoms with Crippen LogP contribution in [0.4, 0.5) is 0 Å². The normalized spacial score (nSPS) is 24.8. The molecule has 0 amide bonds. The van der Waals surface area contributed by atoms with Gasteiger partial charge in [-0.05, 0) is 74.6 Å². The van der Waals surface area contributed by atoms with E-state index in [1.807, 2.05) is 30.5 Å². The number of hydrogen-bond acceptors (Lipinski definition) is 10. The van der Waals surface area contributed by atoms with Crippen LogP contribution in [0.25, 0.3) is 16.5 Å². The Balaban J connectivity index is 1.45. The van der Waals surface area contributed by atoms with E-state index in [1.165, 1.54) is 7.11 Å². The summed E-state index contributed by atoms with van der Waals surface area (Å²) in [7, 11) is 1.49. The first-order valence-electron chi connectivity index (χ1n) is 17.4. The smallest absolute Gasteiger partial charge is 0.375 e. The zero-order valence-electron chi connectivity index (χ0n) is 28.5. The molecule has 2 aliphatic carbocycles. The molecule has 2 fully saturated rings. The van der Waals surface area contributed by atoms with Crippen molar-refractivity contribution in [2.45, 2.75) is 83.0 Å². The second-order valence-electron chi connectivity index (χ2n) is 13.9. The van der Waals surface area contributed by atoms with Crippen molar-refractivity contribution >= 4 is 34.5 Å². The Hall–Kier alpha value is -4.45. The Morgan fingerprint density at radius 3 is 2.58 bits per heavy atom. The predicted octanol–water partition coefficient (Wildman–Crippen LogP) is 4.83. The molecule has 3 aromatic rings. The number of nitrogens with one attached hydrogen (secondary N) is 1. The number of rotatable bonds is 9. The third-order valence-corrected chi connectivity index (χ3v) is 11.2. The number of methoxy groups -OCH3 is 1. The fraction of sp³-hybridized carbons (Fsp3) is 0.462. The number of aliphatic hydroxyl groups is 3. The van der Waals surface area contributed by atoms with Gasteiger partial charge in [0.2, 0.25) is 5.76 Å². The SMILES string of the molecule is CCOC(=O)C1=C(C=O)C(=C2CC(CO)C(=O)C(c3ccc4[nH]ccc4c3)C2)c2c(OC)c3c(c(CO)c2O1)OC(C(C)(O)C1CCCC1)C3. The minimum Gasteiger partial charge on any atom is -0.496 e. The molecule has 0 spiro atoms. The van der Waals surface area contributed by atoms with Crippen molar-refractivity contribution in [3.63, 3.8) is 0 Å². The number of fused-ring (bicyclic) bond motifs is 3. The Kier molecular flexibility index (Phi) is 9.08. The Morgan fingerprint density at radius 2 is 1.90 bits per heavy atom. The van der Waals surface area contributed by atoms with Crippen molar-refractivity contribution in [3.05, 3.63) is 69.6 Å². The van der Waals surface area contributed by atoms with E-state index in [9.17, 15) is 29.7 Å². The van der Waals surface area contributed by atoms with Crippen LogP contribution < -0.4 is 14.2 Å². The first kappa shape index (κ1) is 34.0. The molecule has 50 heavy (non-hydrogen) atoms. The lowest BCUT2D eigenvalue weighted by Crippen LogP contribution is -2.47. The van der Waals surface area contributed by atoms with Gasteiger partial charge in [0.05, 0.1) is 43.6 Å². The number of ketones is 1. The molecule has 11 nitrogen and oxygen atoms in total. The Labute approximate surface area is 289 Å². The van der Waals surface area contributed by atoms with Crippen molar-refractivity contribution < 1.29 is 48.7 Å². The summed E-state index contributed by atoms with van der Waals surface area (Å²) in [5.74, 6) is -2.05. The molecule has 4 N–H and O–H groups in total. The van der Waals surface area contributed by atoms with Gasteiger partial charge in [0.1, 0.15) is 34.7 Å². The van der Waals surface area contributed by atoms with Crippen molar-refractivity contribution in [3.8, 4) is 17.2 Å². The van der Waals surface area contributed by atoms with Gasteiger partial charge < -0.3 is 39.3 Å². The van der Waals surface area contributed by atoms with Crippen LogP contribution in [0, 0.1) is 11.8 Å². The molecule has 11 heteroatoms. The molecule has 0 bridgehead atoms. The standard InChI is InChI=1S/C39H43NO10/c1-4-48-38(45)37-27(18-42)31(22-14-23(17-41)33(44)25(15-22)20-9-10-29-21(13-20)11-12-40-29)32-35(47-3)26-16-30(39(2,46)24-7-5-6-8-24)49-34(26)28(19-43)36(32)50-37/h9-13,18,23-25,30,40-41,43,46H,4-8,14-17,19H2,1-3H3. The summed E-state index contributed by atoms with van der Waals surface area (Å²) in [6.45, 7) is 2.49. The molecule has 4 aliphatic rings. The highest BCUT2D eigenvalue weighted by molar-refractivity contribution is 6.11. The zero-order valence-corrected chi connectivity index (χ0v) is 28.5. The van der Waals surface area contributed by atoms with Gasteiger partial charge in [-0.3, -0.25) is 9.59 Å². The van der Waals surface area contributed by atoms with E-state index in [1.54, 1.807) is 13.8 Å². The number of aromatic amines is 1. The number of benzene rings is 2. The van der Waals surface area contributed by atoms with E-state index in [2.05, 4.69) is 4.98 Å². The molecule has 4 unspecified atom stereocenters. The summed E-state index contributed by atoms with van der Waals surface area (Å²) in [6, 6.07) is 7.65. The summed E-state index contributed by atoms with van der Waals surface area (Å²) in [5.41, 5.74) is 2.59. The van der Waals surface area contributed by atoms with E-state index >= 15 is 0 Å². The first-order valence-corrected chi connectivity index (χ1v) is 17.4. The van der Waals surface area contributed by atoms with E-state index < -0.39 is 42.7 Å². The zero-order chi connectivity index (χ0) is 35.3. The van der Waals surface area contributed by atoms with Crippen molar-refractivity contribution in [1.29, 1.82) is 0 Å². The van der Waals surface area contributed by atoms with Gasteiger partial charge in [0, 0.05) is 41.1 Å². The van der Waals surface area contributed by atoms with Crippen LogP contribution in [0.3, 0.4) is 0 Å². The van der Waals surface area contributed by atoms with Crippen LogP contribution in [0.5, 0.6) is 17.2 Å². The fourth-order valence-corrected chi connectivity index (χ4v) is 8.57. The van der Waals surface area contributed by atoms with Crippen LogP contribution in [0.2, 0.25) is 0 Å². The number of carbonyl (C=O) groups is 3. The van der Waals surface area contributed by atoms with E-state index in [-0.39, 0.29) is 60.2 Å². The maximum Gasteiger partial charge on any atom is 0.375 e. The number of aromatic nitrogens is 1. The third kappa shape index (κ3) is 5.43. The largest absolute Gasteiger partial charge is 0.496 e. The summed E-state index contributed by atoms with van der Waals surface area (Å²) < 4.78 is 24.1. The number of carbonyl (C=O) groups excluding carboxylic acids is 3. The highest BCUT2D eigenvalue weighted by atomic mass is 16.6. The molecule has 2 aromatic carbocycles. The number of allylic oxidation sites excluding steroid dienone is 3. The summed E-state index contributed by atoms with van der Waals surface area (Å²) in [5, 5.41) is 34.1. The maximum atomic E-state index is 13.9. The molecule has 2 aliphatic heterocycles. The monoisotopic (exact) mass is 685 g/mol. The number of aldehydes is 1.